The molecule has 0 fully saturated rings. The van der Waals surface area contributed by atoms with E-state index in [1.165, 1.54) is 0 Å². The zero-order valence-corrected chi connectivity index (χ0v) is 14.9. The molecule has 0 spiro atoms. The van der Waals surface area contributed by atoms with Gasteiger partial charge in [0.2, 0.25) is 0 Å². The number of aromatic nitrogens is 3. The fourth-order valence-corrected chi connectivity index (χ4v) is 2.80. The summed E-state index contributed by atoms with van der Waals surface area (Å²) in [5, 5.41) is 5.33. The highest BCUT2D eigenvalue weighted by molar-refractivity contribution is 6.04. The second-order valence-corrected chi connectivity index (χ2v) is 5.63. The van der Waals surface area contributed by atoms with Crippen LogP contribution in [0.25, 0.3) is 16.7 Å². The van der Waals surface area contributed by atoms with Crippen LogP contribution in [0.2, 0.25) is 0 Å². The molecular formula is C19H21N3O3. The Bertz CT molecular complexity index is 914. The molecule has 2 heterocycles. The molecular weight excluding hydrogens is 318 g/mol. The lowest BCUT2D eigenvalue weighted by Gasteiger charge is -2.08. The number of esters is 1. The number of rotatable bonds is 5. The molecule has 25 heavy (non-hydrogen) atoms. The van der Waals surface area contributed by atoms with Crippen molar-refractivity contribution in [2.45, 2.75) is 27.2 Å². The number of hydrogen-bond donors (Lipinski definition) is 0. The van der Waals surface area contributed by atoms with Crippen molar-refractivity contribution in [2.75, 3.05) is 13.7 Å². The molecule has 0 aliphatic carbocycles. The lowest BCUT2D eigenvalue weighted by molar-refractivity contribution is 0.0528. The number of methoxy groups -OCH3 is 1. The van der Waals surface area contributed by atoms with Gasteiger partial charge in [0.15, 0.2) is 5.65 Å². The van der Waals surface area contributed by atoms with Crippen molar-refractivity contribution in [1.82, 2.24) is 14.8 Å². The van der Waals surface area contributed by atoms with Gasteiger partial charge in [-0.2, -0.15) is 5.10 Å². The highest BCUT2D eigenvalue weighted by Crippen LogP contribution is 2.26. The number of fused-ring (bicyclic) bond motifs is 1. The first kappa shape index (κ1) is 17.0. The minimum absolute atomic E-state index is 0.329. The van der Waals surface area contributed by atoms with Crippen LogP contribution >= 0.6 is 0 Å². The quantitative estimate of drug-likeness (QED) is 0.666. The molecule has 3 rings (SSSR count). The standard InChI is InChI=1S/C19H21N3O3/c1-5-13-11-16(19(23)25-6-2)17-12(3)21-22(18(17)20-13)14-7-9-15(24-4)10-8-14/h7-11H,5-6H2,1-4H3. The van der Waals surface area contributed by atoms with Crippen LogP contribution in [-0.2, 0) is 11.2 Å². The van der Waals surface area contributed by atoms with Crippen molar-refractivity contribution in [2.24, 2.45) is 0 Å². The van der Waals surface area contributed by atoms with Gasteiger partial charge in [0.05, 0.1) is 36.0 Å². The van der Waals surface area contributed by atoms with Crippen molar-refractivity contribution < 1.29 is 14.3 Å². The smallest absolute Gasteiger partial charge is 0.339 e. The fraction of sp³-hybridized carbons (Fsp3) is 0.316. The maximum Gasteiger partial charge on any atom is 0.339 e. The van der Waals surface area contributed by atoms with E-state index in [0.717, 1.165) is 34.6 Å². The molecule has 6 nitrogen and oxygen atoms in total. The zero-order valence-electron chi connectivity index (χ0n) is 14.9. The third-order valence-electron chi connectivity index (χ3n) is 4.04. The van der Waals surface area contributed by atoms with Crippen molar-refractivity contribution >= 4 is 17.0 Å². The van der Waals surface area contributed by atoms with Crippen LogP contribution in [0.15, 0.2) is 30.3 Å². The van der Waals surface area contributed by atoms with Gasteiger partial charge >= 0.3 is 5.97 Å². The number of hydrogen-bond acceptors (Lipinski definition) is 5. The third-order valence-corrected chi connectivity index (χ3v) is 4.04. The van der Waals surface area contributed by atoms with E-state index in [1.54, 1.807) is 24.8 Å². The first-order chi connectivity index (χ1) is 12.1. The van der Waals surface area contributed by atoms with Gasteiger partial charge in [0, 0.05) is 5.69 Å². The molecule has 3 aromatic rings. The van der Waals surface area contributed by atoms with Crippen molar-refractivity contribution in [1.29, 1.82) is 0 Å². The first-order valence-electron chi connectivity index (χ1n) is 8.29. The summed E-state index contributed by atoms with van der Waals surface area (Å²) in [6.07, 6.45) is 0.717. The summed E-state index contributed by atoms with van der Waals surface area (Å²) in [6.45, 7) is 6.00. The first-order valence-corrected chi connectivity index (χ1v) is 8.29. The highest BCUT2D eigenvalue weighted by atomic mass is 16.5. The molecule has 6 heteroatoms. The Balaban J connectivity index is 2.24. The van der Waals surface area contributed by atoms with E-state index in [-0.39, 0.29) is 5.97 Å². The van der Waals surface area contributed by atoms with E-state index >= 15 is 0 Å². The molecule has 0 N–H and O–H groups in total. The lowest BCUT2D eigenvalue weighted by Crippen LogP contribution is -2.08. The Morgan fingerprint density at radius 1 is 1.20 bits per heavy atom. The van der Waals surface area contributed by atoms with Crippen LogP contribution in [0.3, 0.4) is 0 Å². The van der Waals surface area contributed by atoms with Gasteiger partial charge < -0.3 is 9.47 Å². The monoisotopic (exact) mass is 339 g/mol. The van der Waals surface area contributed by atoms with Crippen LogP contribution < -0.4 is 4.74 Å². The number of pyridine rings is 1. The molecule has 0 aliphatic heterocycles. The van der Waals surface area contributed by atoms with Gasteiger partial charge in [-0.25, -0.2) is 14.5 Å². The summed E-state index contributed by atoms with van der Waals surface area (Å²) in [5.74, 6) is 0.424. The van der Waals surface area contributed by atoms with Crippen LogP contribution in [0.4, 0.5) is 0 Å². The van der Waals surface area contributed by atoms with E-state index in [1.807, 2.05) is 38.1 Å². The Labute approximate surface area is 146 Å². The second-order valence-electron chi connectivity index (χ2n) is 5.63. The normalized spacial score (nSPS) is 10.9. The van der Waals surface area contributed by atoms with E-state index < -0.39 is 0 Å². The summed E-state index contributed by atoms with van der Waals surface area (Å²) >= 11 is 0. The molecule has 130 valence electrons. The summed E-state index contributed by atoms with van der Waals surface area (Å²) in [4.78, 5) is 17.1. The third kappa shape index (κ3) is 3.07. The van der Waals surface area contributed by atoms with Crippen LogP contribution in [0, 0.1) is 6.92 Å². The molecule has 0 amide bonds. The number of aryl methyl sites for hydroxylation is 2. The zero-order chi connectivity index (χ0) is 18.0. The number of benzene rings is 1. The van der Waals surface area contributed by atoms with E-state index in [0.29, 0.717) is 17.8 Å². The van der Waals surface area contributed by atoms with Crippen molar-refractivity contribution in [3.8, 4) is 11.4 Å². The summed E-state index contributed by atoms with van der Waals surface area (Å²) in [5.41, 5.74) is 3.59. The molecule has 2 aromatic heterocycles. The van der Waals surface area contributed by atoms with E-state index in [2.05, 4.69) is 5.10 Å². The fourth-order valence-electron chi connectivity index (χ4n) is 2.80. The molecule has 0 saturated carbocycles. The molecule has 0 atom stereocenters. The van der Waals surface area contributed by atoms with Gasteiger partial charge in [-0.05, 0) is 50.6 Å². The maximum atomic E-state index is 12.4. The van der Waals surface area contributed by atoms with Crippen LogP contribution in [0.1, 0.15) is 35.6 Å². The minimum atomic E-state index is -0.345. The Morgan fingerprint density at radius 3 is 2.52 bits per heavy atom. The molecule has 0 radical (unpaired) electrons. The van der Waals surface area contributed by atoms with Crippen molar-refractivity contribution in [3.63, 3.8) is 0 Å². The van der Waals surface area contributed by atoms with Crippen LogP contribution in [-0.4, -0.2) is 34.5 Å². The summed E-state index contributed by atoms with van der Waals surface area (Å²) in [7, 11) is 1.63. The van der Waals surface area contributed by atoms with E-state index in [9.17, 15) is 4.79 Å². The summed E-state index contributed by atoms with van der Waals surface area (Å²) < 4.78 is 12.2. The van der Waals surface area contributed by atoms with Crippen LogP contribution in [0.5, 0.6) is 5.75 Å². The lowest BCUT2D eigenvalue weighted by atomic mass is 10.1. The number of nitrogens with zero attached hydrogens (tertiary/aromatic N) is 3. The largest absolute Gasteiger partial charge is 0.497 e. The summed E-state index contributed by atoms with van der Waals surface area (Å²) in [6, 6.07) is 9.36. The Morgan fingerprint density at radius 2 is 1.92 bits per heavy atom. The Kier molecular flexibility index (Phi) is 4.70. The number of carbonyl (C=O) groups excluding carboxylic acids is 1. The van der Waals surface area contributed by atoms with Gasteiger partial charge in [-0.3, -0.25) is 0 Å². The molecule has 0 unspecified atom stereocenters. The Hall–Kier alpha value is -2.89. The average molecular weight is 339 g/mol. The number of ether oxygens (including phenoxy) is 2. The maximum absolute atomic E-state index is 12.4. The molecule has 0 bridgehead atoms. The highest BCUT2D eigenvalue weighted by Gasteiger charge is 2.20. The SMILES string of the molecule is CCOC(=O)c1cc(CC)nc2c1c(C)nn2-c1ccc(OC)cc1. The second kappa shape index (κ2) is 6.93. The molecule has 0 aliphatic rings. The topological polar surface area (TPSA) is 66.2 Å². The number of carbonyl (C=O) groups is 1. The molecule has 0 saturated heterocycles. The predicted molar refractivity (Wildman–Crippen MR) is 95.5 cm³/mol. The van der Waals surface area contributed by atoms with Gasteiger partial charge in [-0.15, -0.1) is 0 Å². The average Bonchev–Trinajstić information content (AvgIpc) is 2.98. The van der Waals surface area contributed by atoms with E-state index in [4.69, 9.17) is 14.5 Å². The van der Waals surface area contributed by atoms with Gasteiger partial charge in [0.25, 0.3) is 0 Å². The van der Waals surface area contributed by atoms with Gasteiger partial charge in [-0.1, -0.05) is 6.92 Å². The van der Waals surface area contributed by atoms with Crippen molar-refractivity contribution in [3.05, 3.63) is 47.3 Å². The minimum Gasteiger partial charge on any atom is -0.497 e. The molecule has 1 aromatic carbocycles. The van der Waals surface area contributed by atoms with Gasteiger partial charge in [0.1, 0.15) is 5.75 Å². The predicted octanol–water partition coefficient (Wildman–Crippen LogP) is 3.48.